The summed E-state index contributed by atoms with van der Waals surface area (Å²) < 4.78 is 22.9. The molecule has 0 aliphatic carbocycles. The Morgan fingerprint density at radius 3 is 2.11 bits per heavy atom. The number of rotatable bonds is 2. The Morgan fingerprint density at radius 1 is 1.11 bits per heavy atom. The Morgan fingerprint density at radius 2 is 1.63 bits per heavy atom. The van der Waals surface area contributed by atoms with E-state index >= 15 is 0 Å². The summed E-state index contributed by atoms with van der Waals surface area (Å²) >= 11 is 0. The van der Waals surface area contributed by atoms with Gasteiger partial charge in [0, 0.05) is 30.1 Å². The molecule has 0 radical (unpaired) electrons. The van der Waals surface area contributed by atoms with Crippen LogP contribution in [0.4, 0.5) is 5.69 Å². The minimum atomic E-state index is -3.11. The van der Waals surface area contributed by atoms with Crippen molar-refractivity contribution in [1.29, 1.82) is 0 Å². The summed E-state index contributed by atoms with van der Waals surface area (Å²) in [7, 11) is -3.11. The molecule has 2 fully saturated rings. The lowest BCUT2D eigenvalue weighted by Crippen LogP contribution is -2.47. The average Bonchev–Trinajstić information content (AvgIpc) is 2.61. The van der Waals surface area contributed by atoms with Crippen molar-refractivity contribution in [2.45, 2.75) is 48.7 Å². The number of sulfone groups is 1. The van der Waals surface area contributed by atoms with Crippen molar-refractivity contribution in [3.8, 4) is 0 Å². The van der Waals surface area contributed by atoms with Gasteiger partial charge in [-0.25, -0.2) is 8.42 Å². The van der Waals surface area contributed by atoms with Crippen LogP contribution >= 0.6 is 0 Å². The van der Waals surface area contributed by atoms with Gasteiger partial charge in [-0.2, -0.15) is 0 Å². The van der Waals surface area contributed by atoms with E-state index in [-0.39, 0.29) is 0 Å². The van der Waals surface area contributed by atoms with Gasteiger partial charge in [0.05, 0.1) is 4.90 Å². The minimum Gasteiger partial charge on any atom is -0.365 e. The number of hydrogen-bond donors (Lipinski definition) is 1. The quantitative estimate of drug-likeness (QED) is 0.892. The average molecular weight is 280 g/mol. The van der Waals surface area contributed by atoms with Crippen LogP contribution in [0.25, 0.3) is 0 Å². The smallest absolute Gasteiger partial charge is 0.175 e. The molecule has 4 nitrogen and oxygen atoms in total. The van der Waals surface area contributed by atoms with Crippen LogP contribution < -0.4 is 10.6 Å². The maximum absolute atomic E-state index is 11.5. The molecule has 1 aromatic carbocycles. The van der Waals surface area contributed by atoms with Gasteiger partial charge in [-0.3, -0.25) is 0 Å². The summed E-state index contributed by atoms with van der Waals surface area (Å²) in [4.78, 5) is 2.83. The van der Waals surface area contributed by atoms with Crippen LogP contribution in [0.2, 0.25) is 0 Å². The molecule has 19 heavy (non-hydrogen) atoms. The first kappa shape index (κ1) is 12.9. The predicted octanol–water partition coefficient (Wildman–Crippen LogP) is 1.55. The van der Waals surface area contributed by atoms with E-state index in [1.165, 1.54) is 19.1 Å². The molecule has 2 heterocycles. The highest BCUT2D eigenvalue weighted by Crippen LogP contribution is 2.38. The molecule has 2 aliphatic heterocycles. The molecule has 0 spiro atoms. The van der Waals surface area contributed by atoms with Crippen molar-refractivity contribution in [2.75, 3.05) is 11.2 Å². The Kier molecular flexibility index (Phi) is 3.06. The van der Waals surface area contributed by atoms with Gasteiger partial charge in [0.1, 0.15) is 0 Å². The Balaban J connectivity index is 1.88. The minimum absolute atomic E-state index is 0.323. The molecular formula is C14H20N2O2S. The lowest BCUT2D eigenvalue weighted by Gasteiger charge is -2.39. The van der Waals surface area contributed by atoms with Crippen LogP contribution in [0.5, 0.6) is 0 Å². The SMILES string of the molecule is CS(=O)(=O)c1ccc(N2C3CCC2CC(N)C3)cc1. The van der Waals surface area contributed by atoms with Crippen molar-refractivity contribution in [3.05, 3.63) is 24.3 Å². The predicted molar refractivity (Wildman–Crippen MR) is 76.1 cm³/mol. The highest BCUT2D eigenvalue weighted by Gasteiger charge is 2.39. The lowest BCUT2D eigenvalue weighted by molar-refractivity contribution is 0.414. The van der Waals surface area contributed by atoms with E-state index in [9.17, 15) is 8.42 Å². The molecule has 2 atom stereocenters. The molecule has 0 saturated carbocycles. The molecule has 3 rings (SSSR count). The van der Waals surface area contributed by atoms with Gasteiger partial charge >= 0.3 is 0 Å². The number of nitrogens with two attached hydrogens (primary N) is 1. The second kappa shape index (κ2) is 4.49. The zero-order chi connectivity index (χ0) is 13.6. The molecule has 2 N–H and O–H groups in total. The van der Waals surface area contributed by atoms with E-state index in [0.717, 1.165) is 18.5 Å². The molecule has 2 saturated heterocycles. The van der Waals surface area contributed by atoms with Crippen molar-refractivity contribution in [3.63, 3.8) is 0 Å². The summed E-state index contributed by atoms with van der Waals surface area (Å²) in [6.45, 7) is 0. The summed E-state index contributed by atoms with van der Waals surface area (Å²) in [6.07, 6.45) is 5.73. The number of fused-ring (bicyclic) bond motifs is 2. The lowest BCUT2D eigenvalue weighted by atomic mass is 9.97. The van der Waals surface area contributed by atoms with Crippen molar-refractivity contribution in [2.24, 2.45) is 5.73 Å². The molecular weight excluding hydrogens is 260 g/mol. The Bertz CT molecular complexity index is 554. The summed E-state index contributed by atoms with van der Waals surface area (Å²) in [5.41, 5.74) is 7.20. The van der Waals surface area contributed by atoms with Gasteiger partial charge in [-0.1, -0.05) is 0 Å². The van der Waals surface area contributed by atoms with Crippen molar-refractivity contribution in [1.82, 2.24) is 0 Å². The molecule has 0 aromatic heterocycles. The third kappa shape index (κ3) is 2.37. The molecule has 2 unspecified atom stereocenters. The summed E-state index contributed by atoms with van der Waals surface area (Å²) in [5.74, 6) is 0. The molecule has 0 amide bonds. The van der Waals surface area contributed by atoms with E-state index in [1.54, 1.807) is 12.1 Å². The van der Waals surface area contributed by atoms with Crippen LogP contribution in [0.1, 0.15) is 25.7 Å². The molecule has 2 bridgehead atoms. The highest BCUT2D eigenvalue weighted by molar-refractivity contribution is 7.90. The zero-order valence-electron chi connectivity index (χ0n) is 11.1. The summed E-state index contributed by atoms with van der Waals surface area (Å²) in [6, 6.07) is 8.65. The van der Waals surface area contributed by atoms with Crippen molar-refractivity contribution < 1.29 is 8.42 Å². The van der Waals surface area contributed by atoms with Crippen LogP contribution in [0.3, 0.4) is 0 Å². The maximum atomic E-state index is 11.5. The van der Waals surface area contributed by atoms with Gasteiger partial charge in [-0.05, 0) is 49.9 Å². The standard InChI is InChI=1S/C14H20N2O2S/c1-19(17,18)14-6-4-11(5-7-14)16-12-2-3-13(16)9-10(15)8-12/h4-7,10,12-13H,2-3,8-9,15H2,1H3. The second-order valence-electron chi connectivity index (χ2n) is 5.79. The van der Waals surface area contributed by atoms with Crippen LogP contribution in [-0.4, -0.2) is 32.8 Å². The monoisotopic (exact) mass is 280 g/mol. The van der Waals surface area contributed by atoms with Crippen LogP contribution in [-0.2, 0) is 9.84 Å². The first-order valence-corrected chi connectivity index (χ1v) is 8.68. The third-order valence-corrected chi connectivity index (χ3v) is 5.46. The molecule has 5 heteroatoms. The number of nitrogens with zero attached hydrogens (tertiary/aromatic N) is 1. The topological polar surface area (TPSA) is 63.4 Å². The van der Waals surface area contributed by atoms with E-state index in [1.807, 2.05) is 12.1 Å². The normalized spacial score (nSPS) is 30.6. The van der Waals surface area contributed by atoms with E-state index < -0.39 is 9.84 Å². The highest BCUT2D eigenvalue weighted by atomic mass is 32.2. The second-order valence-corrected chi connectivity index (χ2v) is 7.81. The number of anilines is 1. The first-order valence-electron chi connectivity index (χ1n) is 6.79. The number of piperidine rings is 1. The summed E-state index contributed by atoms with van der Waals surface area (Å²) in [5, 5.41) is 0. The van der Waals surface area contributed by atoms with Gasteiger partial charge in [-0.15, -0.1) is 0 Å². The maximum Gasteiger partial charge on any atom is 0.175 e. The Labute approximate surface area is 114 Å². The fourth-order valence-corrected chi connectivity index (χ4v) is 4.14. The largest absolute Gasteiger partial charge is 0.365 e. The number of benzene rings is 1. The van der Waals surface area contributed by atoms with Gasteiger partial charge in [0.25, 0.3) is 0 Å². The zero-order valence-corrected chi connectivity index (χ0v) is 11.9. The fourth-order valence-electron chi connectivity index (χ4n) is 3.51. The number of hydrogen-bond acceptors (Lipinski definition) is 4. The van der Waals surface area contributed by atoms with Crippen molar-refractivity contribution >= 4 is 15.5 Å². The van der Waals surface area contributed by atoms with E-state index in [4.69, 9.17) is 5.73 Å². The first-order chi connectivity index (χ1) is 8.95. The Hall–Kier alpha value is -1.07. The fraction of sp³-hybridized carbons (Fsp3) is 0.571. The van der Waals surface area contributed by atoms with E-state index in [0.29, 0.717) is 23.0 Å². The molecule has 1 aromatic rings. The van der Waals surface area contributed by atoms with Crippen LogP contribution in [0, 0.1) is 0 Å². The van der Waals surface area contributed by atoms with Gasteiger partial charge in [0.15, 0.2) is 9.84 Å². The third-order valence-electron chi connectivity index (χ3n) is 4.33. The van der Waals surface area contributed by atoms with Crippen LogP contribution in [0.15, 0.2) is 29.2 Å². The molecule has 2 aliphatic rings. The molecule has 104 valence electrons. The van der Waals surface area contributed by atoms with Gasteiger partial charge < -0.3 is 10.6 Å². The van der Waals surface area contributed by atoms with E-state index in [2.05, 4.69) is 4.90 Å². The van der Waals surface area contributed by atoms with Gasteiger partial charge in [0.2, 0.25) is 0 Å².